The van der Waals surface area contributed by atoms with Gasteiger partial charge in [0, 0.05) is 6.54 Å². The van der Waals surface area contributed by atoms with Crippen LogP contribution in [0.4, 0.5) is 11.4 Å². The number of hydrogen-bond donors (Lipinski definition) is 1. The molecule has 2 aliphatic heterocycles. The van der Waals surface area contributed by atoms with Gasteiger partial charge in [0.1, 0.15) is 0 Å². The van der Waals surface area contributed by atoms with E-state index in [1.807, 2.05) is 18.2 Å². The fourth-order valence-corrected chi connectivity index (χ4v) is 3.20. The van der Waals surface area contributed by atoms with E-state index >= 15 is 0 Å². The first-order valence-electron chi connectivity index (χ1n) is 6.66. The van der Waals surface area contributed by atoms with Crippen LogP contribution in [0.15, 0.2) is 18.2 Å². The molecule has 2 aliphatic rings. The molecule has 1 aromatic rings. The van der Waals surface area contributed by atoms with Crippen LogP contribution in [-0.4, -0.2) is 31.7 Å². The van der Waals surface area contributed by atoms with Crippen LogP contribution < -0.4 is 10.2 Å². The van der Waals surface area contributed by atoms with E-state index in [0.29, 0.717) is 18.2 Å². The van der Waals surface area contributed by atoms with Crippen molar-refractivity contribution in [1.82, 2.24) is 0 Å². The number of amides is 1. The van der Waals surface area contributed by atoms with Crippen molar-refractivity contribution in [2.45, 2.75) is 19.4 Å². The lowest BCUT2D eigenvalue weighted by molar-refractivity contribution is -0.120. The second-order valence-corrected chi connectivity index (χ2v) is 5.44. The van der Waals surface area contributed by atoms with Gasteiger partial charge in [0.2, 0.25) is 5.91 Å². The Morgan fingerprint density at radius 3 is 3.11 bits per heavy atom. The number of hydrogen-bond acceptors (Lipinski definition) is 3. The lowest BCUT2D eigenvalue weighted by Crippen LogP contribution is -2.43. The summed E-state index contributed by atoms with van der Waals surface area (Å²) < 4.78 is 5.50. The zero-order valence-electron chi connectivity index (χ0n) is 10.9. The molecule has 2 heterocycles. The monoisotopic (exact) mass is 280 g/mol. The van der Waals surface area contributed by atoms with Crippen molar-refractivity contribution in [2.24, 2.45) is 5.92 Å². The molecule has 4 nitrogen and oxygen atoms in total. The Morgan fingerprint density at radius 2 is 2.32 bits per heavy atom. The van der Waals surface area contributed by atoms with Crippen LogP contribution in [0.2, 0.25) is 5.02 Å². The molecule has 3 rings (SSSR count). The summed E-state index contributed by atoms with van der Waals surface area (Å²) in [4.78, 5) is 14.5. The van der Waals surface area contributed by atoms with Gasteiger partial charge in [-0.2, -0.15) is 0 Å². The molecule has 0 radical (unpaired) electrons. The van der Waals surface area contributed by atoms with Crippen molar-refractivity contribution in [3.63, 3.8) is 0 Å². The number of benzene rings is 1. The average molecular weight is 281 g/mol. The predicted molar refractivity (Wildman–Crippen MR) is 75.8 cm³/mol. The highest BCUT2D eigenvalue weighted by atomic mass is 35.5. The zero-order chi connectivity index (χ0) is 13.4. The highest BCUT2D eigenvalue weighted by molar-refractivity contribution is 6.34. The van der Waals surface area contributed by atoms with Gasteiger partial charge >= 0.3 is 0 Å². The van der Waals surface area contributed by atoms with Crippen LogP contribution >= 0.6 is 11.6 Å². The number of carbonyl (C=O) groups is 1. The Morgan fingerprint density at radius 1 is 1.47 bits per heavy atom. The first-order valence-corrected chi connectivity index (χ1v) is 7.04. The Kier molecular flexibility index (Phi) is 3.37. The van der Waals surface area contributed by atoms with Gasteiger partial charge in [-0.3, -0.25) is 4.79 Å². The van der Waals surface area contributed by atoms with Crippen LogP contribution in [-0.2, 0) is 9.53 Å². The average Bonchev–Trinajstić information content (AvgIpc) is 2.82. The molecule has 0 aliphatic carbocycles. The quantitative estimate of drug-likeness (QED) is 0.905. The van der Waals surface area contributed by atoms with Crippen molar-refractivity contribution in [1.29, 1.82) is 0 Å². The molecule has 5 heteroatoms. The highest BCUT2D eigenvalue weighted by Gasteiger charge is 2.41. The summed E-state index contributed by atoms with van der Waals surface area (Å²) >= 11 is 6.35. The van der Waals surface area contributed by atoms with E-state index in [1.54, 1.807) is 0 Å². The van der Waals surface area contributed by atoms with Gasteiger partial charge in [0.25, 0.3) is 0 Å². The zero-order valence-corrected chi connectivity index (χ0v) is 11.6. The minimum absolute atomic E-state index is 0.0321. The molecule has 1 N–H and O–H groups in total. The molecule has 102 valence electrons. The van der Waals surface area contributed by atoms with Crippen LogP contribution in [0.25, 0.3) is 0 Å². The van der Waals surface area contributed by atoms with E-state index in [-0.39, 0.29) is 17.9 Å². The smallest absolute Gasteiger partial charge is 0.232 e. The van der Waals surface area contributed by atoms with E-state index in [1.165, 1.54) is 0 Å². The molecule has 0 spiro atoms. The maximum atomic E-state index is 12.3. The van der Waals surface area contributed by atoms with Gasteiger partial charge in [-0.25, -0.2) is 0 Å². The molecular formula is C14H17ClN2O2. The molecule has 19 heavy (non-hydrogen) atoms. The maximum Gasteiger partial charge on any atom is 0.232 e. The Hall–Kier alpha value is -1.26. The first-order chi connectivity index (χ1) is 9.22. The topological polar surface area (TPSA) is 41.6 Å². The van der Waals surface area contributed by atoms with Crippen molar-refractivity contribution in [3.05, 3.63) is 23.2 Å². The van der Waals surface area contributed by atoms with Crippen LogP contribution in [0.5, 0.6) is 0 Å². The van der Waals surface area contributed by atoms with Crippen molar-refractivity contribution in [2.75, 3.05) is 30.0 Å². The summed E-state index contributed by atoms with van der Waals surface area (Å²) in [6.07, 6.45) is 1.00. The second kappa shape index (κ2) is 5.02. The fourth-order valence-electron chi connectivity index (χ4n) is 2.92. The van der Waals surface area contributed by atoms with E-state index in [9.17, 15) is 4.79 Å². The van der Waals surface area contributed by atoms with E-state index < -0.39 is 0 Å². The Labute approximate surface area is 117 Å². The summed E-state index contributed by atoms with van der Waals surface area (Å²) in [5, 5.41) is 3.66. The number of fused-ring (bicyclic) bond motifs is 2. The predicted octanol–water partition coefficient (Wildman–Crippen LogP) is 2.52. The maximum absolute atomic E-state index is 12.3. The van der Waals surface area contributed by atoms with Crippen LogP contribution in [0, 0.1) is 5.92 Å². The van der Waals surface area contributed by atoms with Gasteiger partial charge in [0.15, 0.2) is 0 Å². The lowest BCUT2D eigenvalue weighted by atomic mass is 10.0. The van der Waals surface area contributed by atoms with Crippen molar-refractivity contribution < 1.29 is 9.53 Å². The van der Waals surface area contributed by atoms with Gasteiger partial charge in [-0.15, -0.1) is 0 Å². The van der Waals surface area contributed by atoms with E-state index in [4.69, 9.17) is 16.3 Å². The number of para-hydroxylation sites is 1. The molecule has 2 unspecified atom stereocenters. The summed E-state index contributed by atoms with van der Waals surface area (Å²) in [6, 6.07) is 5.72. The molecule has 0 saturated carbocycles. The normalized spacial score (nSPS) is 25.6. The highest BCUT2D eigenvalue weighted by Crippen LogP contribution is 2.40. The number of carbonyl (C=O) groups excluding carboxylic acids is 1. The number of nitrogens with one attached hydrogen (secondary N) is 1. The van der Waals surface area contributed by atoms with Crippen molar-refractivity contribution in [3.8, 4) is 0 Å². The molecule has 1 fully saturated rings. The number of anilines is 2. The van der Waals surface area contributed by atoms with Gasteiger partial charge in [0.05, 0.1) is 41.6 Å². The number of ether oxygens (including phenoxy) is 1. The third-order valence-corrected chi connectivity index (χ3v) is 4.09. The van der Waals surface area contributed by atoms with Gasteiger partial charge in [-0.1, -0.05) is 24.6 Å². The Balaban J connectivity index is 2.11. The third-order valence-electron chi connectivity index (χ3n) is 3.78. The summed E-state index contributed by atoms with van der Waals surface area (Å²) in [7, 11) is 0. The third kappa shape index (κ3) is 2.09. The largest absolute Gasteiger partial charge is 0.378 e. The number of nitrogens with zero attached hydrogens (tertiary/aromatic N) is 1. The molecule has 1 amide bonds. The molecule has 1 aromatic carbocycles. The molecule has 2 atom stereocenters. The summed E-state index contributed by atoms with van der Waals surface area (Å²) in [6.45, 7) is 4.07. The minimum Gasteiger partial charge on any atom is -0.378 e. The summed E-state index contributed by atoms with van der Waals surface area (Å²) in [5.41, 5.74) is 1.73. The van der Waals surface area contributed by atoms with Crippen LogP contribution in [0.1, 0.15) is 13.3 Å². The second-order valence-electron chi connectivity index (χ2n) is 5.03. The van der Waals surface area contributed by atoms with Crippen molar-refractivity contribution >= 4 is 28.9 Å². The molecule has 0 aromatic heterocycles. The molecule has 1 saturated heterocycles. The SMILES string of the molecule is CCCN1c2c(Cl)cccc2NC(=O)C2COCC21. The van der Waals surface area contributed by atoms with E-state index in [0.717, 1.165) is 24.3 Å². The van der Waals surface area contributed by atoms with Gasteiger partial charge in [-0.05, 0) is 18.6 Å². The Bertz CT molecular complexity index is 506. The lowest BCUT2D eigenvalue weighted by Gasteiger charge is -2.31. The fraction of sp³-hybridized carbons (Fsp3) is 0.500. The van der Waals surface area contributed by atoms with Gasteiger partial charge < -0.3 is 15.0 Å². The van der Waals surface area contributed by atoms with E-state index in [2.05, 4.69) is 17.1 Å². The number of halogens is 1. The molecular weight excluding hydrogens is 264 g/mol. The minimum atomic E-state index is -0.116. The summed E-state index contributed by atoms with van der Waals surface area (Å²) in [5.74, 6) is -0.0837. The molecule has 0 bridgehead atoms. The standard InChI is InChI=1S/C14H17ClN2O2/c1-2-6-17-12-8-19-7-9(12)14(18)16-11-5-3-4-10(15)13(11)17/h3-5,9,12H,2,6-8H2,1H3,(H,16,18). The van der Waals surface area contributed by atoms with Crippen LogP contribution in [0.3, 0.4) is 0 Å². The number of rotatable bonds is 2. The first kappa shape index (κ1) is 12.8.